The summed E-state index contributed by atoms with van der Waals surface area (Å²) in [5, 5.41) is 9.91. The SMILES string of the molecule is CN(Cc1nc(C(F)(F)F)cs1)c1cnc(C#N)cn1. The van der Waals surface area contributed by atoms with Crippen molar-refractivity contribution in [3.63, 3.8) is 0 Å². The first kappa shape index (κ1) is 14.2. The second-order valence-corrected chi connectivity index (χ2v) is 4.79. The van der Waals surface area contributed by atoms with E-state index in [9.17, 15) is 13.2 Å². The van der Waals surface area contributed by atoms with E-state index in [1.807, 2.05) is 6.07 Å². The van der Waals surface area contributed by atoms with Gasteiger partial charge in [-0.2, -0.15) is 18.4 Å². The van der Waals surface area contributed by atoms with Gasteiger partial charge in [0.05, 0.1) is 18.9 Å². The Morgan fingerprint density at radius 2 is 2.10 bits per heavy atom. The number of thiazole rings is 1. The average Bonchev–Trinajstić information content (AvgIpc) is 2.87. The Hall–Kier alpha value is -2.21. The van der Waals surface area contributed by atoms with E-state index >= 15 is 0 Å². The van der Waals surface area contributed by atoms with Crippen LogP contribution in [-0.4, -0.2) is 22.0 Å². The summed E-state index contributed by atoms with van der Waals surface area (Å²) >= 11 is 0.934. The standard InChI is InChI=1S/C11H8F3N5S/c1-19(9-4-16-7(2-15)3-17-9)5-10-18-8(6-20-10)11(12,13)14/h3-4,6H,5H2,1H3. The molecule has 0 amide bonds. The van der Waals surface area contributed by atoms with Crippen molar-refractivity contribution in [1.82, 2.24) is 15.0 Å². The lowest BCUT2D eigenvalue weighted by atomic mass is 10.4. The molecule has 0 saturated carbocycles. The van der Waals surface area contributed by atoms with E-state index in [0.29, 0.717) is 10.8 Å². The maximum Gasteiger partial charge on any atom is 0.434 e. The van der Waals surface area contributed by atoms with Crippen LogP contribution in [-0.2, 0) is 12.7 Å². The number of aromatic nitrogens is 3. The highest BCUT2D eigenvalue weighted by molar-refractivity contribution is 7.09. The molecule has 0 N–H and O–H groups in total. The molecule has 0 saturated heterocycles. The molecule has 0 atom stereocenters. The van der Waals surface area contributed by atoms with Crippen molar-refractivity contribution in [1.29, 1.82) is 5.26 Å². The molecule has 20 heavy (non-hydrogen) atoms. The summed E-state index contributed by atoms with van der Waals surface area (Å²) < 4.78 is 37.3. The van der Waals surface area contributed by atoms with Gasteiger partial charge in [0.1, 0.15) is 16.9 Å². The predicted octanol–water partition coefficient (Wildman–Crippen LogP) is 2.46. The van der Waals surface area contributed by atoms with Gasteiger partial charge in [0.2, 0.25) is 0 Å². The highest BCUT2D eigenvalue weighted by Crippen LogP contribution is 2.30. The fourth-order valence-corrected chi connectivity index (χ4v) is 2.23. The highest BCUT2D eigenvalue weighted by atomic mass is 32.1. The van der Waals surface area contributed by atoms with Crippen molar-refractivity contribution in [3.05, 3.63) is 34.2 Å². The fraction of sp³-hybridized carbons (Fsp3) is 0.273. The first-order valence-electron chi connectivity index (χ1n) is 5.35. The minimum Gasteiger partial charge on any atom is -0.352 e. The van der Waals surface area contributed by atoms with Crippen molar-refractivity contribution in [3.8, 4) is 6.07 Å². The molecule has 2 aromatic heterocycles. The van der Waals surface area contributed by atoms with Gasteiger partial charge in [-0.1, -0.05) is 0 Å². The Balaban J connectivity index is 2.09. The van der Waals surface area contributed by atoms with Crippen LogP contribution in [0, 0.1) is 11.3 Å². The quantitative estimate of drug-likeness (QED) is 0.871. The van der Waals surface area contributed by atoms with E-state index in [0.717, 1.165) is 16.7 Å². The minimum absolute atomic E-state index is 0.177. The van der Waals surface area contributed by atoms with Crippen molar-refractivity contribution in [2.24, 2.45) is 0 Å². The molecule has 2 aromatic rings. The topological polar surface area (TPSA) is 65.7 Å². The maximum absolute atomic E-state index is 12.4. The zero-order chi connectivity index (χ0) is 14.8. The number of rotatable bonds is 3. The van der Waals surface area contributed by atoms with E-state index in [-0.39, 0.29) is 12.2 Å². The Labute approximate surface area is 116 Å². The van der Waals surface area contributed by atoms with E-state index in [1.54, 1.807) is 11.9 Å². The van der Waals surface area contributed by atoms with Gasteiger partial charge in [0.25, 0.3) is 0 Å². The Morgan fingerprint density at radius 3 is 2.60 bits per heavy atom. The van der Waals surface area contributed by atoms with E-state index in [1.165, 1.54) is 12.4 Å². The maximum atomic E-state index is 12.4. The number of nitrogens with zero attached hydrogens (tertiary/aromatic N) is 5. The predicted molar refractivity (Wildman–Crippen MR) is 66.0 cm³/mol. The van der Waals surface area contributed by atoms with Crippen LogP contribution >= 0.6 is 11.3 Å². The molecule has 0 unspecified atom stereocenters. The number of alkyl halides is 3. The van der Waals surface area contributed by atoms with Crippen molar-refractivity contribution in [2.45, 2.75) is 12.7 Å². The largest absolute Gasteiger partial charge is 0.434 e. The molecular formula is C11H8F3N5S. The third kappa shape index (κ3) is 3.21. The second-order valence-electron chi connectivity index (χ2n) is 3.85. The summed E-state index contributed by atoms with van der Waals surface area (Å²) in [6.07, 6.45) is -1.74. The van der Waals surface area contributed by atoms with Crippen molar-refractivity contribution < 1.29 is 13.2 Å². The summed E-state index contributed by atoms with van der Waals surface area (Å²) in [6.45, 7) is 0.182. The number of hydrogen-bond acceptors (Lipinski definition) is 6. The number of anilines is 1. The normalized spacial score (nSPS) is 11.2. The molecule has 0 fully saturated rings. The molecular weight excluding hydrogens is 291 g/mol. The molecule has 0 aliphatic rings. The number of halogens is 3. The van der Waals surface area contributed by atoms with Gasteiger partial charge in [0.15, 0.2) is 11.4 Å². The highest BCUT2D eigenvalue weighted by Gasteiger charge is 2.33. The molecule has 5 nitrogen and oxygen atoms in total. The van der Waals surface area contributed by atoms with Crippen LogP contribution in [0.2, 0.25) is 0 Å². The molecule has 104 valence electrons. The third-order valence-electron chi connectivity index (χ3n) is 2.36. The lowest BCUT2D eigenvalue weighted by molar-refractivity contribution is -0.140. The zero-order valence-corrected chi connectivity index (χ0v) is 11.0. The lowest BCUT2D eigenvalue weighted by Crippen LogP contribution is -2.18. The van der Waals surface area contributed by atoms with Crippen LogP contribution in [0.3, 0.4) is 0 Å². The Morgan fingerprint density at radius 1 is 1.35 bits per heavy atom. The summed E-state index contributed by atoms with van der Waals surface area (Å²) in [7, 11) is 1.66. The Bertz CT molecular complexity index is 629. The minimum atomic E-state index is -4.43. The lowest BCUT2D eigenvalue weighted by Gasteiger charge is -2.15. The van der Waals surface area contributed by atoms with Crippen LogP contribution in [0.15, 0.2) is 17.8 Å². The van der Waals surface area contributed by atoms with E-state index < -0.39 is 11.9 Å². The summed E-state index contributed by atoms with van der Waals surface area (Å²) in [5.41, 5.74) is -0.715. The van der Waals surface area contributed by atoms with Gasteiger partial charge in [-0.15, -0.1) is 11.3 Å². The van der Waals surface area contributed by atoms with Crippen LogP contribution < -0.4 is 4.90 Å². The van der Waals surface area contributed by atoms with E-state index in [4.69, 9.17) is 5.26 Å². The van der Waals surface area contributed by atoms with Gasteiger partial charge in [0, 0.05) is 12.4 Å². The van der Waals surface area contributed by atoms with Gasteiger partial charge in [-0.3, -0.25) is 0 Å². The van der Waals surface area contributed by atoms with Gasteiger partial charge in [-0.25, -0.2) is 15.0 Å². The third-order valence-corrected chi connectivity index (χ3v) is 3.19. The first-order chi connectivity index (χ1) is 9.40. The van der Waals surface area contributed by atoms with Crippen LogP contribution in [0.1, 0.15) is 16.4 Å². The van der Waals surface area contributed by atoms with Crippen LogP contribution in [0.25, 0.3) is 0 Å². The average molecular weight is 299 g/mol. The van der Waals surface area contributed by atoms with Gasteiger partial charge < -0.3 is 4.90 Å². The van der Waals surface area contributed by atoms with Gasteiger partial charge in [-0.05, 0) is 0 Å². The molecule has 9 heteroatoms. The smallest absolute Gasteiger partial charge is 0.352 e. The molecule has 2 heterocycles. The van der Waals surface area contributed by atoms with Crippen molar-refractivity contribution >= 4 is 17.2 Å². The first-order valence-corrected chi connectivity index (χ1v) is 6.23. The number of hydrogen-bond donors (Lipinski definition) is 0. The molecule has 0 bridgehead atoms. The molecule has 2 rings (SSSR count). The van der Waals surface area contributed by atoms with E-state index in [2.05, 4.69) is 15.0 Å². The monoisotopic (exact) mass is 299 g/mol. The van der Waals surface area contributed by atoms with Crippen LogP contribution in [0.4, 0.5) is 19.0 Å². The van der Waals surface area contributed by atoms with Gasteiger partial charge >= 0.3 is 6.18 Å². The molecule has 0 aliphatic heterocycles. The second kappa shape index (κ2) is 5.42. The molecule has 0 radical (unpaired) electrons. The van der Waals surface area contributed by atoms with Crippen LogP contribution in [0.5, 0.6) is 0 Å². The summed E-state index contributed by atoms with van der Waals surface area (Å²) in [6, 6.07) is 1.84. The summed E-state index contributed by atoms with van der Waals surface area (Å²) in [5.74, 6) is 0.452. The summed E-state index contributed by atoms with van der Waals surface area (Å²) in [4.78, 5) is 13.0. The molecule has 0 aliphatic carbocycles. The zero-order valence-electron chi connectivity index (χ0n) is 10.2. The Kier molecular flexibility index (Phi) is 3.85. The fourth-order valence-electron chi connectivity index (χ4n) is 1.37. The number of nitriles is 1. The molecule has 0 spiro atoms. The molecule has 0 aromatic carbocycles. The van der Waals surface area contributed by atoms with Crippen molar-refractivity contribution in [2.75, 3.05) is 11.9 Å².